The van der Waals surface area contributed by atoms with Crippen LogP contribution in [0.15, 0.2) is 79.1 Å². The number of carboxylic acid groups (broad SMARTS) is 2. The molecule has 0 amide bonds. The van der Waals surface area contributed by atoms with Gasteiger partial charge in [-0.2, -0.15) is 0 Å². The van der Waals surface area contributed by atoms with Gasteiger partial charge in [0.2, 0.25) is 0 Å². The molecule has 30 heavy (non-hydrogen) atoms. The van der Waals surface area contributed by atoms with Gasteiger partial charge in [-0.25, -0.2) is 0 Å². The number of hydrogen-bond acceptors (Lipinski definition) is 8. The smallest absolute Gasteiger partial charge is 0.542 e. The van der Waals surface area contributed by atoms with E-state index in [4.69, 9.17) is 8.83 Å². The van der Waals surface area contributed by atoms with Crippen LogP contribution < -0.4 is 80.2 Å². The van der Waals surface area contributed by atoms with Crippen molar-refractivity contribution in [2.45, 2.75) is 0 Å². The molecule has 0 saturated carbocycles. The predicted octanol–water partition coefficient (Wildman–Crippen LogP) is -5.68. The number of benzene rings is 2. The SMILES string of the molecule is O=C([O-])c1cc(=O)c2ccccc2o1.O=C([O-])c1cc(=O)c2ccccc2o1.[Na+].[Na+]. The maximum absolute atomic E-state index is 11.4. The second-order valence-electron chi connectivity index (χ2n) is 5.52. The molecule has 140 valence electrons. The molecule has 0 aliphatic heterocycles. The van der Waals surface area contributed by atoms with Gasteiger partial charge in [0.15, 0.2) is 22.4 Å². The van der Waals surface area contributed by atoms with Crippen molar-refractivity contribution in [2.24, 2.45) is 0 Å². The van der Waals surface area contributed by atoms with Gasteiger partial charge < -0.3 is 28.6 Å². The van der Waals surface area contributed by atoms with E-state index < -0.39 is 23.5 Å². The molecule has 0 fully saturated rings. The number of hydrogen-bond donors (Lipinski definition) is 0. The van der Waals surface area contributed by atoms with E-state index in [1.54, 1.807) is 36.4 Å². The number of aromatic carboxylic acids is 2. The summed E-state index contributed by atoms with van der Waals surface area (Å²) in [6.07, 6.45) is 0. The summed E-state index contributed by atoms with van der Waals surface area (Å²) < 4.78 is 9.88. The minimum Gasteiger partial charge on any atom is -0.542 e. The third-order valence-corrected chi connectivity index (χ3v) is 3.67. The molecule has 0 spiro atoms. The first-order chi connectivity index (χ1) is 13.4. The van der Waals surface area contributed by atoms with Gasteiger partial charge in [-0.05, 0) is 24.3 Å². The van der Waals surface area contributed by atoms with Gasteiger partial charge in [0.25, 0.3) is 0 Å². The quantitative estimate of drug-likeness (QED) is 0.290. The van der Waals surface area contributed by atoms with Crippen LogP contribution in [0.2, 0.25) is 0 Å². The minimum absolute atomic E-state index is 0. The zero-order valence-electron chi connectivity index (χ0n) is 16.0. The summed E-state index contributed by atoms with van der Waals surface area (Å²) >= 11 is 0. The molecule has 0 atom stereocenters. The molecular formula is C20H10Na2O8. The second kappa shape index (κ2) is 11.3. The second-order valence-corrected chi connectivity index (χ2v) is 5.52. The van der Waals surface area contributed by atoms with Gasteiger partial charge in [0, 0.05) is 12.1 Å². The van der Waals surface area contributed by atoms with E-state index in [0.29, 0.717) is 10.8 Å². The van der Waals surface area contributed by atoms with Gasteiger partial charge in [-0.3, -0.25) is 9.59 Å². The first kappa shape index (κ1) is 25.8. The molecule has 8 nitrogen and oxygen atoms in total. The van der Waals surface area contributed by atoms with Crippen LogP contribution in [0.1, 0.15) is 21.1 Å². The van der Waals surface area contributed by atoms with Crippen LogP contribution in [0.3, 0.4) is 0 Å². The van der Waals surface area contributed by atoms with Gasteiger partial charge in [0.05, 0.1) is 10.8 Å². The van der Waals surface area contributed by atoms with E-state index in [1.807, 2.05) is 0 Å². The van der Waals surface area contributed by atoms with Crippen LogP contribution >= 0.6 is 0 Å². The summed E-state index contributed by atoms with van der Waals surface area (Å²) in [5.74, 6) is -3.89. The molecular weight excluding hydrogens is 414 g/mol. The van der Waals surface area contributed by atoms with Crippen LogP contribution in [-0.2, 0) is 0 Å². The molecule has 2 aromatic carbocycles. The molecule has 0 aliphatic rings. The number of rotatable bonds is 2. The number of carbonyl (C=O) groups excluding carboxylic acids is 2. The average molecular weight is 424 g/mol. The Morgan fingerprint density at radius 3 is 1.30 bits per heavy atom. The number of para-hydroxylation sites is 2. The average Bonchev–Trinajstić information content (AvgIpc) is 2.68. The van der Waals surface area contributed by atoms with Crippen molar-refractivity contribution in [3.8, 4) is 0 Å². The molecule has 2 heterocycles. The van der Waals surface area contributed by atoms with Crippen molar-refractivity contribution in [1.29, 1.82) is 0 Å². The Labute approximate surface area is 212 Å². The first-order valence-corrected chi connectivity index (χ1v) is 7.85. The summed E-state index contributed by atoms with van der Waals surface area (Å²) in [4.78, 5) is 43.6. The van der Waals surface area contributed by atoms with Crippen LogP contribution in [0.4, 0.5) is 0 Å². The summed E-state index contributed by atoms with van der Waals surface area (Å²) in [6, 6.07) is 14.7. The van der Waals surface area contributed by atoms with E-state index in [2.05, 4.69) is 0 Å². The topological polar surface area (TPSA) is 141 Å². The van der Waals surface area contributed by atoms with Crippen molar-refractivity contribution in [1.82, 2.24) is 0 Å². The maximum Gasteiger partial charge on any atom is 1.00 e. The standard InChI is InChI=1S/2C10H6O4.2Na/c2*11-7-5-9(10(12)13)14-8-4-2-1-3-6(7)8;;/h2*1-5H,(H,12,13);;/q;;2*+1/p-2. The van der Waals surface area contributed by atoms with Crippen molar-refractivity contribution in [3.63, 3.8) is 0 Å². The minimum atomic E-state index is -1.49. The van der Waals surface area contributed by atoms with Gasteiger partial charge in [-0.1, -0.05) is 24.3 Å². The Balaban J connectivity index is 0.000000281. The van der Waals surface area contributed by atoms with Gasteiger partial charge in [-0.15, -0.1) is 0 Å². The van der Waals surface area contributed by atoms with Gasteiger partial charge in [0.1, 0.15) is 23.1 Å². The Kier molecular flexibility index (Phi) is 9.70. The Morgan fingerprint density at radius 1 is 0.633 bits per heavy atom. The normalized spacial score (nSPS) is 9.60. The van der Waals surface area contributed by atoms with E-state index in [1.165, 1.54) is 12.1 Å². The first-order valence-electron chi connectivity index (χ1n) is 7.85. The van der Waals surface area contributed by atoms with Crippen molar-refractivity contribution >= 4 is 33.9 Å². The van der Waals surface area contributed by atoms with Crippen LogP contribution in [0, 0.1) is 0 Å². The zero-order chi connectivity index (χ0) is 20.3. The van der Waals surface area contributed by atoms with Crippen molar-refractivity contribution < 1.29 is 87.8 Å². The zero-order valence-corrected chi connectivity index (χ0v) is 20.0. The molecule has 0 N–H and O–H groups in total. The van der Waals surface area contributed by atoms with Crippen LogP contribution in [0.5, 0.6) is 0 Å². The molecule has 4 aromatic rings. The van der Waals surface area contributed by atoms with E-state index in [0.717, 1.165) is 12.1 Å². The summed E-state index contributed by atoms with van der Waals surface area (Å²) in [5, 5.41) is 21.6. The third-order valence-electron chi connectivity index (χ3n) is 3.67. The summed E-state index contributed by atoms with van der Waals surface area (Å²) in [5.41, 5.74) is -0.268. The number of carbonyl (C=O) groups is 2. The van der Waals surface area contributed by atoms with E-state index in [9.17, 15) is 29.4 Å². The molecule has 10 heteroatoms. The van der Waals surface area contributed by atoms with Crippen molar-refractivity contribution in [2.75, 3.05) is 0 Å². The molecule has 4 rings (SSSR count). The van der Waals surface area contributed by atoms with Gasteiger partial charge >= 0.3 is 59.1 Å². The fraction of sp³-hybridized carbons (Fsp3) is 0. The van der Waals surface area contributed by atoms with Crippen LogP contribution in [-0.4, -0.2) is 11.9 Å². The molecule has 0 bridgehead atoms. The Bertz CT molecular complexity index is 1220. The molecule has 2 aromatic heterocycles. The van der Waals surface area contributed by atoms with E-state index >= 15 is 0 Å². The molecule has 0 unspecified atom stereocenters. The summed E-state index contributed by atoms with van der Waals surface area (Å²) in [6.45, 7) is 0. The van der Waals surface area contributed by atoms with E-state index in [-0.39, 0.29) is 81.1 Å². The molecule has 0 radical (unpaired) electrons. The fourth-order valence-corrected chi connectivity index (χ4v) is 2.41. The Hall–Kier alpha value is -2.20. The molecule has 0 aliphatic carbocycles. The maximum atomic E-state index is 11.4. The number of fused-ring (bicyclic) bond motifs is 2. The van der Waals surface area contributed by atoms with Crippen molar-refractivity contribution in [3.05, 3.63) is 92.6 Å². The Morgan fingerprint density at radius 2 is 0.967 bits per heavy atom. The molecule has 0 saturated heterocycles. The number of carboxylic acids is 2. The van der Waals surface area contributed by atoms with Crippen LogP contribution in [0.25, 0.3) is 21.9 Å². The fourth-order valence-electron chi connectivity index (χ4n) is 2.41. The monoisotopic (exact) mass is 424 g/mol. The third kappa shape index (κ3) is 5.91. The predicted molar refractivity (Wildman–Crippen MR) is 93.6 cm³/mol. The largest absolute Gasteiger partial charge is 1.00 e. The summed E-state index contributed by atoms with van der Waals surface area (Å²) in [7, 11) is 0.